The van der Waals surface area contributed by atoms with Crippen molar-refractivity contribution >= 4 is 12.0 Å². The molecule has 7 rings (SSSR count). The van der Waals surface area contributed by atoms with Gasteiger partial charge < -0.3 is 20.1 Å². The molecular weight excluding hydrogens is 392 g/mol. The number of nitrogens with zero attached hydrogens (tertiary/aromatic N) is 1. The highest BCUT2D eigenvalue weighted by molar-refractivity contribution is 5.78. The average molecular weight is 425 g/mol. The van der Waals surface area contributed by atoms with Crippen LogP contribution < -0.4 is 10.1 Å². The Balaban J connectivity index is 1.11. The molecule has 0 aromatic heterocycles. The number of fused-ring (bicyclic) bond motifs is 1. The monoisotopic (exact) mass is 424 g/mol. The molecule has 6 nitrogen and oxygen atoms in total. The van der Waals surface area contributed by atoms with Crippen LogP contribution in [0.4, 0.5) is 4.79 Å². The largest absolute Gasteiger partial charge is 0.487 e. The summed E-state index contributed by atoms with van der Waals surface area (Å²) in [7, 11) is 0. The molecule has 0 radical (unpaired) electrons. The number of urea groups is 1. The zero-order valence-corrected chi connectivity index (χ0v) is 18.0. The summed E-state index contributed by atoms with van der Waals surface area (Å²) in [6.45, 7) is 1.24. The van der Waals surface area contributed by atoms with Gasteiger partial charge in [0.15, 0.2) is 0 Å². The molecule has 6 heteroatoms. The minimum Gasteiger partial charge on any atom is -0.487 e. The second kappa shape index (κ2) is 7.14. The summed E-state index contributed by atoms with van der Waals surface area (Å²) in [6.07, 6.45) is 8.44. The first-order valence-electron chi connectivity index (χ1n) is 12.1. The molecule has 2 amide bonds. The van der Waals surface area contributed by atoms with E-state index in [1.165, 1.54) is 32.1 Å². The number of likely N-dealkylation sites (tertiary alicyclic amines) is 1. The minimum atomic E-state index is -0.794. The summed E-state index contributed by atoms with van der Waals surface area (Å²) >= 11 is 0. The van der Waals surface area contributed by atoms with Crippen molar-refractivity contribution in [3.63, 3.8) is 0 Å². The van der Waals surface area contributed by atoms with Gasteiger partial charge in [-0.1, -0.05) is 18.2 Å². The number of hydrogen-bond acceptors (Lipinski definition) is 3. The normalized spacial score (nSPS) is 37.2. The highest BCUT2D eigenvalue weighted by atomic mass is 16.5. The van der Waals surface area contributed by atoms with Crippen LogP contribution in [0.25, 0.3) is 0 Å². The quantitative estimate of drug-likeness (QED) is 0.752. The number of benzene rings is 1. The smallest absolute Gasteiger partial charge is 0.317 e. The first kappa shape index (κ1) is 19.4. The molecule has 1 saturated heterocycles. The van der Waals surface area contributed by atoms with Crippen molar-refractivity contribution in [1.82, 2.24) is 10.2 Å². The number of carbonyl (C=O) groups excluding carboxylic acids is 1. The van der Waals surface area contributed by atoms with Crippen LogP contribution >= 0.6 is 0 Å². The van der Waals surface area contributed by atoms with Gasteiger partial charge in [-0.25, -0.2) is 4.79 Å². The summed E-state index contributed by atoms with van der Waals surface area (Å²) < 4.78 is 6.37. The van der Waals surface area contributed by atoms with Crippen LogP contribution in [0.1, 0.15) is 62.8 Å². The lowest BCUT2D eigenvalue weighted by molar-refractivity contribution is -0.142. The Morgan fingerprint density at radius 3 is 2.29 bits per heavy atom. The number of ether oxygens (including phenoxy) is 1. The summed E-state index contributed by atoms with van der Waals surface area (Å²) in [5, 5.41) is 13.2. The third-order valence-electron chi connectivity index (χ3n) is 8.97. The van der Waals surface area contributed by atoms with Gasteiger partial charge in [0.05, 0.1) is 5.92 Å². The Morgan fingerprint density at radius 2 is 1.65 bits per heavy atom. The van der Waals surface area contributed by atoms with E-state index in [0.29, 0.717) is 56.0 Å². The number of para-hydroxylation sites is 1. The molecule has 1 atom stereocenters. The number of carboxylic acid groups (broad SMARTS) is 1. The Labute approximate surface area is 183 Å². The maximum absolute atomic E-state index is 13.1. The number of amides is 2. The summed E-state index contributed by atoms with van der Waals surface area (Å²) in [6, 6.07) is 7.91. The molecule has 1 aromatic carbocycles. The van der Waals surface area contributed by atoms with Gasteiger partial charge in [-0.3, -0.25) is 4.79 Å². The lowest BCUT2D eigenvalue weighted by atomic mass is 9.54. The average Bonchev–Trinajstić information content (AvgIpc) is 2.75. The van der Waals surface area contributed by atoms with Crippen LogP contribution in [0, 0.1) is 23.7 Å². The molecule has 6 aliphatic rings. The number of piperidine rings is 1. The fourth-order valence-corrected chi connectivity index (χ4v) is 7.66. The van der Waals surface area contributed by atoms with Crippen LogP contribution in [0.15, 0.2) is 24.3 Å². The topological polar surface area (TPSA) is 78.9 Å². The maximum atomic E-state index is 13.1. The summed E-state index contributed by atoms with van der Waals surface area (Å²) in [4.78, 5) is 27.0. The predicted octanol–water partition coefficient (Wildman–Crippen LogP) is 4.01. The molecule has 0 unspecified atom stereocenters. The van der Waals surface area contributed by atoms with Crippen molar-refractivity contribution in [3.8, 4) is 5.75 Å². The van der Waals surface area contributed by atoms with Gasteiger partial charge in [0.1, 0.15) is 11.4 Å². The number of carboxylic acids is 1. The van der Waals surface area contributed by atoms with Gasteiger partial charge in [-0.2, -0.15) is 0 Å². The molecule has 166 valence electrons. The third kappa shape index (κ3) is 3.30. The highest BCUT2D eigenvalue weighted by Gasteiger charge is 2.50. The summed E-state index contributed by atoms with van der Waals surface area (Å²) in [5.74, 6) is 2.50. The number of carbonyl (C=O) groups is 2. The fraction of sp³-hybridized carbons (Fsp3) is 0.680. The van der Waals surface area contributed by atoms with Crippen molar-refractivity contribution in [3.05, 3.63) is 29.8 Å². The first-order valence-corrected chi connectivity index (χ1v) is 12.1. The van der Waals surface area contributed by atoms with Gasteiger partial charge in [-0.05, 0) is 61.8 Å². The van der Waals surface area contributed by atoms with Crippen LogP contribution in [0.2, 0.25) is 0 Å². The van der Waals surface area contributed by atoms with Crippen molar-refractivity contribution < 1.29 is 19.4 Å². The Kier molecular flexibility index (Phi) is 4.48. The van der Waals surface area contributed by atoms with Gasteiger partial charge in [0.2, 0.25) is 0 Å². The lowest BCUT2D eigenvalue weighted by Gasteiger charge is -2.54. The standard InChI is InChI=1S/C25H32N2O4/c28-23(29)20-14-25(31-21-4-2-1-3-19(20)21)5-7-27(8-6-25)24(30)26-22-17-10-15-9-16(12-17)13-18(22)11-15/h1-4,15-18,20,22H,5-14H2,(H,26,30)(H,28,29)/t15?,16?,17?,18?,20-,22?/m1/s1. The fourth-order valence-electron chi connectivity index (χ4n) is 7.66. The van der Waals surface area contributed by atoms with Crippen molar-refractivity contribution in [2.24, 2.45) is 23.7 Å². The SMILES string of the molecule is O=C(O)[C@@H]1CC2(CCN(C(=O)NC3C4CC5CC(C4)CC3C5)CC2)Oc2ccccc21. The van der Waals surface area contributed by atoms with E-state index < -0.39 is 17.5 Å². The Bertz CT molecular complexity index is 863. The number of nitrogens with one attached hydrogen (secondary N) is 1. The predicted molar refractivity (Wildman–Crippen MR) is 115 cm³/mol. The van der Waals surface area contributed by atoms with E-state index in [4.69, 9.17) is 4.74 Å². The van der Waals surface area contributed by atoms with Gasteiger partial charge in [-0.15, -0.1) is 0 Å². The van der Waals surface area contributed by atoms with Crippen LogP contribution in [0.5, 0.6) is 5.75 Å². The molecular formula is C25H32N2O4. The molecule has 1 aromatic rings. The van der Waals surface area contributed by atoms with Crippen LogP contribution in [-0.4, -0.2) is 46.7 Å². The Morgan fingerprint density at radius 1 is 1.00 bits per heavy atom. The molecule has 4 saturated carbocycles. The highest BCUT2D eigenvalue weighted by Crippen LogP contribution is 2.53. The van der Waals surface area contributed by atoms with E-state index in [1.807, 2.05) is 29.2 Å². The molecule has 5 fully saturated rings. The van der Waals surface area contributed by atoms with E-state index in [1.54, 1.807) is 0 Å². The maximum Gasteiger partial charge on any atom is 0.317 e. The van der Waals surface area contributed by atoms with Crippen molar-refractivity contribution in [2.45, 2.75) is 68.9 Å². The van der Waals surface area contributed by atoms with Gasteiger partial charge in [0, 0.05) is 44.0 Å². The second-order valence-corrected chi connectivity index (χ2v) is 10.8. The summed E-state index contributed by atoms with van der Waals surface area (Å²) in [5.41, 5.74) is 0.277. The van der Waals surface area contributed by atoms with E-state index in [0.717, 1.165) is 17.4 Å². The molecule has 4 aliphatic carbocycles. The zero-order chi connectivity index (χ0) is 21.2. The molecule has 2 heterocycles. The van der Waals surface area contributed by atoms with E-state index in [-0.39, 0.29) is 6.03 Å². The Hall–Kier alpha value is -2.24. The van der Waals surface area contributed by atoms with Crippen LogP contribution in [0.3, 0.4) is 0 Å². The van der Waals surface area contributed by atoms with Crippen molar-refractivity contribution in [1.29, 1.82) is 0 Å². The molecule has 4 bridgehead atoms. The van der Waals surface area contributed by atoms with Gasteiger partial charge >= 0.3 is 12.0 Å². The van der Waals surface area contributed by atoms with E-state index >= 15 is 0 Å². The van der Waals surface area contributed by atoms with Crippen molar-refractivity contribution in [2.75, 3.05) is 13.1 Å². The molecule has 31 heavy (non-hydrogen) atoms. The molecule has 2 aliphatic heterocycles. The number of aliphatic carboxylic acids is 1. The number of hydrogen-bond donors (Lipinski definition) is 2. The molecule has 1 spiro atoms. The third-order valence-corrected chi connectivity index (χ3v) is 8.97. The van der Waals surface area contributed by atoms with Gasteiger partial charge in [0.25, 0.3) is 0 Å². The zero-order valence-electron chi connectivity index (χ0n) is 18.0. The number of rotatable bonds is 2. The van der Waals surface area contributed by atoms with E-state index in [2.05, 4.69) is 5.32 Å². The first-order chi connectivity index (χ1) is 15.0. The van der Waals surface area contributed by atoms with Crippen LogP contribution in [-0.2, 0) is 4.79 Å². The molecule has 2 N–H and O–H groups in total. The second-order valence-electron chi connectivity index (χ2n) is 10.8. The lowest BCUT2D eigenvalue weighted by Crippen LogP contribution is -2.60. The minimum absolute atomic E-state index is 0.0679. The van der Waals surface area contributed by atoms with E-state index in [9.17, 15) is 14.7 Å².